The van der Waals surface area contributed by atoms with Crippen molar-refractivity contribution in [3.05, 3.63) is 102 Å². The molecule has 1 aliphatic carbocycles. The molecule has 2 aliphatic rings. The molecule has 1 aliphatic heterocycles. The van der Waals surface area contributed by atoms with Crippen LogP contribution in [0.1, 0.15) is 22.7 Å². The van der Waals surface area contributed by atoms with E-state index in [9.17, 15) is 0 Å². The fourth-order valence-electron chi connectivity index (χ4n) is 4.63. The number of hydrogen-bond donors (Lipinski definition) is 0. The number of piperazine rings is 1. The molecule has 1 fully saturated rings. The molecular formula is C26H26N2. The predicted molar refractivity (Wildman–Crippen MR) is 117 cm³/mol. The van der Waals surface area contributed by atoms with E-state index in [0.29, 0.717) is 6.04 Å². The second-order valence-corrected chi connectivity index (χ2v) is 7.73. The van der Waals surface area contributed by atoms with Crippen LogP contribution in [0.3, 0.4) is 0 Å². The van der Waals surface area contributed by atoms with Crippen LogP contribution < -0.4 is 0 Å². The van der Waals surface area contributed by atoms with Crippen molar-refractivity contribution < 1.29 is 0 Å². The number of benzene rings is 3. The SMILES string of the molecule is C(=Cc1ccccc1)CN1CCN(C2c3ccccc3-c3ccccc32)CC1. The van der Waals surface area contributed by atoms with Gasteiger partial charge in [-0.15, -0.1) is 0 Å². The lowest BCUT2D eigenvalue weighted by Crippen LogP contribution is -2.47. The maximum Gasteiger partial charge on any atom is 0.0614 e. The first-order valence-electron chi connectivity index (χ1n) is 10.3. The molecule has 1 saturated heterocycles. The first-order chi connectivity index (χ1) is 13.9. The standard InChI is InChI=1S/C26H26N2/c1-2-9-21(10-3-1)11-8-16-27-17-19-28(20-18-27)26-24-14-6-4-12-22(24)23-13-5-7-15-25(23)26/h1-15,26H,16-20H2. The zero-order valence-electron chi connectivity index (χ0n) is 16.2. The van der Waals surface area contributed by atoms with Gasteiger partial charge in [0.2, 0.25) is 0 Å². The summed E-state index contributed by atoms with van der Waals surface area (Å²) in [4.78, 5) is 5.23. The molecule has 0 unspecified atom stereocenters. The minimum absolute atomic E-state index is 0.411. The molecule has 2 heteroatoms. The molecule has 0 spiro atoms. The van der Waals surface area contributed by atoms with Gasteiger partial charge in [0.15, 0.2) is 0 Å². The van der Waals surface area contributed by atoms with Crippen LogP contribution in [0.2, 0.25) is 0 Å². The summed E-state index contributed by atoms with van der Waals surface area (Å²) in [5, 5.41) is 0. The fraction of sp³-hybridized carbons (Fsp3) is 0.231. The Morgan fingerprint density at radius 3 is 1.89 bits per heavy atom. The van der Waals surface area contributed by atoms with E-state index in [4.69, 9.17) is 0 Å². The molecule has 0 amide bonds. The number of rotatable bonds is 4. The van der Waals surface area contributed by atoms with Crippen LogP contribution in [0.4, 0.5) is 0 Å². The van der Waals surface area contributed by atoms with Crippen LogP contribution in [0.15, 0.2) is 84.9 Å². The molecule has 3 aromatic rings. The normalized spacial score (nSPS) is 17.7. The Balaban J connectivity index is 1.27. The van der Waals surface area contributed by atoms with E-state index in [1.807, 2.05) is 0 Å². The van der Waals surface area contributed by atoms with Gasteiger partial charge in [0, 0.05) is 32.7 Å². The predicted octanol–water partition coefficient (Wildman–Crippen LogP) is 5.09. The van der Waals surface area contributed by atoms with Crippen LogP contribution in [0.5, 0.6) is 0 Å². The maximum absolute atomic E-state index is 2.67. The molecule has 5 rings (SSSR count). The second kappa shape index (κ2) is 7.75. The monoisotopic (exact) mass is 366 g/mol. The Labute approximate surface area is 167 Å². The highest BCUT2D eigenvalue weighted by Crippen LogP contribution is 2.46. The fourth-order valence-corrected chi connectivity index (χ4v) is 4.63. The summed E-state index contributed by atoms with van der Waals surface area (Å²) in [6, 6.07) is 28.8. The molecular weight excluding hydrogens is 340 g/mol. The highest BCUT2D eigenvalue weighted by atomic mass is 15.3. The van der Waals surface area contributed by atoms with E-state index in [0.717, 1.165) is 32.7 Å². The van der Waals surface area contributed by atoms with E-state index in [-0.39, 0.29) is 0 Å². The highest BCUT2D eigenvalue weighted by Gasteiger charge is 2.33. The number of nitrogens with zero attached hydrogens (tertiary/aromatic N) is 2. The molecule has 0 saturated carbocycles. The Morgan fingerprint density at radius 1 is 0.679 bits per heavy atom. The van der Waals surface area contributed by atoms with Crippen LogP contribution in [0, 0.1) is 0 Å². The minimum atomic E-state index is 0.411. The van der Waals surface area contributed by atoms with E-state index in [1.54, 1.807) is 0 Å². The smallest absolute Gasteiger partial charge is 0.0614 e. The average molecular weight is 367 g/mol. The topological polar surface area (TPSA) is 6.48 Å². The molecule has 3 aromatic carbocycles. The zero-order valence-corrected chi connectivity index (χ0v) is 16.2. The zero-order chi connectivity index (χ0) is 18.8. The van der Waals surface area contributed by atoms with E-state index in [2.05, 4.69) is 101 Å². The van der Waals surface area contributed by atoms with Gasteiger partial charge < -0.3 is 0 Å². The summed E-state index contributed by atoms with van der Waals surface area (Å²) in [6.07, 6.45) is 4.53. The van der Waals surface area contributed by atoms with E-state index < -0.39 is 0 Å². The average Bonchev–Trinajstić information content (AvgIpc) is 3.10. The lowest BCUT2D eigenvalue weighted by Gasteiger charge is -2.38. The van der Waals surface area contributed by atoms with Crippen molar-refractivity contribution in [1.29, 1.82) is 0 Å². The molecule has 0 N–H and O–H groups in total. The molecule has 1 heterocycles. The summed E-state index contributed by atoms with van der Waals surface area (Å²) in [5.41, 5.74) is 7.05. The highest BCUT2D eigenvalue weighted by molar-refractivity contribution is 5.78. The quantitative estimate of drug-likeness (QED) is 0.635. The van der Waals surface area contributed by atoms with Crippen molar-refractivity contribution in [2.75, 3.05) is 32.7 Å². The van der Waals surface area contributed by atoms with Crippen molar-refractivity contribution in [1.82, 2.24) is 9.80 Å². The Bertz CT molecular complexity index is 923. The molecule has 0 atom stereocenters. The molecule has 140 valence electrons. The first kappa shape index (κ1) is 17.4. The van der Waals surface area contributed by atoms with Crippen LogP contribution in [-0.4, -0.2) is 42.5 Å². The number of fused-ring (bicyclic) bond motifs is 3. The van der Waals surface area contributed by atoms with Gasteiger partial charge in [-0.2, -0.15) is 0 Å². The van der Waals surface area contributed by atoms with Gasteiger partial charge in [-0.05, 0) is 27.8 Å². The summed E-state index contributed by atoms with van der Waals surface area (Å²) >= 11 is 0. The van der Waals surface area contributed by atoms with Crippen molar-refractivity contribution >= 4 is 6.08 Å². The summed E-state index contributed by atoms with van der Waals surface area (Å²) in [6.45, 7) is 5.51. The van der Waals surface area contributed by atoms with Gasteiger partial charge >= 0.3 is 0 Å². The Hall–Kier alpha value is -2.68. The second-order valence-electron chi connectivity index (χ2n) is 7.73. The molecule has 0 bridgehead atoms. The van der Waals surface area contributed by atoms with Crippen molar-refractivity contribution in [3.8, 4) is 11.1 Å². The van der Waals surface area contributed by atoms with Gasteiger partial charge in [0.25, 0.3) is 0 Å². The molecule has 0 radical (unpaired) electrons. The third kappa shape index (κ3) is 3.30. The Kier molecular flexibility index (Phi) is 4.82. The van der Waals surface area contributed by atoms with E-state index in [1.165, 1.54) is 27.8 Å². The van der Waals surface area contributed by atoms with Gasteiger partial charge in [0.05, 0.1) is 6.04 Å². The minimum Gasteiger partial charge on any atom is -0.297 e. The summed E-state index contributed by atoms with van der Waals surface area (Å²) in [7, 11) is 0. The van der Waals surface area contributed by atoms with Crippen molar-refractivity contribution in [2.24, 2.45) is 0 Å². The van der Waals surface area contributed by atoms with E-state index >= 15 is 0 Å². The molecule has 2 nitrogen and oxygen atoms in total. The van der Waals surface area contributed by atoms with Crippen LogP contribution in [0.25, 0.3) is 17.2 Å². The summed E-state index contributed by atoms with van der Waals surface area (Å²) < 4.78 is 0. The van der Waals surface area contributed by atoms with Gasteiger partial charge in [-0.3, -0.25) is 9.80 Å². The van der Waals surface area contributed by atoms with Crippen molar-refractivity contribution in [3.63, 3.8) is 0 Å². The lowest BCUT2D eigenvalue weighted by atomic mass is 10.0. The van der Waals surface area contributed by atoms with Crippen LogP contribution >= 0.6 is 0 Å². The maximum atomic E-state index is 2.67. The summed E-state index contributed by atoms with van der Waals surface area (Å²) in [5.74, 6) is 0. The largest absolute Gasteiger partial charge is 0.297 e. The number of hydrogen-bond acceptors (Lipinski definition) is 2. The third-order valence-electron chi connectivity index (χ3n) is 6.05. The molecule has 0 aromatic heterocycles. The van der Waals surface area contributed by atoms with Crippen molar-refractivity contribution in [2.45, 2.75) is 6.04 Å². The van der Waals surface area contributed by atoms with Gasteiger partial charge in [0.1, 0.15) is 0 Å². The van der Waals surface area contributed by atoms with Gasteiger partial charge in [-0.25, -0.2) is 0 Å². The first-order valence-corrected chi connectivity index (χ1v) is 10.3. The lowest BCUT2D eigenvalue weighted by molar-refractivity contribution is 0.119. The van der Waals surface area contributed by atoms with Gasteiger partial charge in [-0.1, -0.05) is 91.0 Å². The van der Waals surface area contributed by atoms with Crippen LogP contribution in [-0.2, 0) is 0 Å². The third-order valence-corrected chi connectivity index (χ3v) is 6.05. The Morgan fingerprint density at radius 2 is 1.25 bits per heavy atom. The molecule has 28 heavy (non-hydrogen) atoms.